The first-order valence-electron chi connectivity index (χ1n) is 7.38. The van der Waals surface area contributed by atoms with Crippen LogP contribution in [0.2, 0.25) is 0 Å². The summed E-state index contributed by atoms with van der Waals surface area (Å²) in [6, 6.07) is 9.42. The summed E-state index contributed by atoms with van der Waals surface area (Å²) in [4.78, 5) is 25.9. The Morgan fingerprint density at radius 2 is 2.05 bits per heavy atom. The molecule has 0 radical (unpaired) electrons. The molecule has 1 aliphatic carbocycles. The van der Waals surface area contributed by atoms with Gasteiger partial charge in [0.25, 0.3) is 0 Å². The van der Waals surface area contributed by atoms with Gasteiger partial charge in [0.05, 0.1) is 12.5 Å². The highest BCUT2D eigenvalue weighted by atomic mass is 16.3. The lowest BCUT2D eigenvalue weighted by Crippen LogP contribution is -2.37. The van der Waals surface area contributed by atoms with Crippen molar-refractivity contribution >= 4 is 17.5 Å². The molecule has 2 amide bonds. The molecule has 5 heteroatoms. The molecule has 0 spiro atoms. The number of carbonyl (C=O) groups is 2. The zero-order chi connectivity index (χ0) is 14.9. The maximum atomic E-state index is 12.2. The Hall–Kier alpha value is -1.88. The number of amides is 2. The van der Waals surface area contributed by atoms with Gasteiger partial charge in [-0.15, -0.1) is 0 Å². The summed E-state index contributed by atoms with van der Waals surface area (Å²) in [7, 11) is 0. The smallest absolute Gasteiger partial charge is 0.227 e. The molecule has 21 heavy (non-hydrogen) atoms. The van der Waals surface area contributed by atoms with Crippen molar-refractivity contribution < 1.29 is 14.7 Å². The summed E-state index contributed by atoms with van der Waals surface area (Å²) >= 11 is 0. The van der Waals surface area contributed by atoms with Gasteiger partial charge in [0.2, 0.25) is 11.8 Å². The molecule has 1 atom stereocenters. The largest absolute Gasteiger partial charge is 0.396 e. The second kappa shape index (κ2) is 5.48. The number of carbonyl (C=O) groups excluding carboxylic acids is 2. The Morgan fingerprint density at radius 3 is 2.67 bits per heavy atom. The predicted molar refractivity (Wildman–Crippen MR) is 78.7 cm³/mol. The molecule has 1 aliphatic heterocycles. The SMILES string of the molecule is O=C(NCC1(CO)CC1)C1CC(=O)N(c2ccccc2)C1. The molecule has 1 aromatic carbocycles. The van der Waals surface area contributed by atoms with Gasteiger partial charge in [0.15, 0.2) is 0 Å². The molecular formula is C16H20N2O3. The van der Waals surface area contributed by atoms with E-state index in [1.807, 2.05) is 30.3 Å². The first kappa shape index (κ1) is 14.1. The van der Waals surface area contributed by atoms with Gasteiger partial charge in [0.1, 0.15) is 0 Å². The molecule has 2 N–H and O–H groups in total. The lowest BCUT2D eigenvalue weighted by Gasteiger charge is -2.17. The van der Waals surface area contributed by atoms with Crippen molar-refractivity contribution in [2.24, 2.45) is 11.3 Å². The van der Waals surface area contributed by atoms with E-state index in [1.165, 1.54) is 0 Å². The highest BCUT2D eigenvalue weighted by Gasteiger charge is 2.43. The van der Waals surface area contributed by atoms with E-state index in [1.54, 1.807) is 4.90 Å². The highest BCUT2D eigenvalue weighted by molar-refractivity contribution is 6.00. The van der Waals surface area contributed by atoms with Crippen LogP contribution in [0.1, 0.15) is 19.3 Å². The number of anilines is 1. The summed E-state index contributed by atoms with van der Waals surface area (Å²) in [6.45, 7) is 1.06. The fraction of sp³-hybridized carbons (Fsp3) is 0.500. The molecule has 1 saturated heterocycles. The van der Waals surface area contributed by atoms with Crippen molar-refractivity contribution in [3.05, 3.63) is 30.3 Å². The van der Waals surface area contributed by atoms with Gasteiger partial charge in [-0.05, 0) is 25.0 Å². The highest BCUT2D eigenvalue weighted by Crippen LogP contribution is 2.44. The van der Waals surface area contributed by atoms with Gasteiger partial charge >= 0.3 is 0 Å². The number of hydrogen-bond acceptors (Lipinski definition) is 3. The van der Waals surface area contributed by atoms with Crippen LogP contribution in [0.3, 0.4) is 0 Å². The van der Waals surface area contributed by atoms with E-state index >= 15 is 0 Å². The fourth-order valence-corrected chi connectivity index (χ4v) is 2.73. The van der Waals surface area contributed by atoms with E-state index in [0.717, 1.165) is 18.5 Å². The predicted octanol–water partition coefficient (Wildman–Crippen LogP) is 0.928. The molecule has 112 valence electrons. The number of para-hydroxylation sites is 1. The van der Waals surface area contributed by atoms with Gasteiger partial charge in [-0.3, -0.25) is 9.59 Å². The number of benzene rings is 1. The Kier molecular flexibility index (Phi) is 3.68. The molecule has 3 rings (SSSR count). The number of hydrogen-bond donors (Lipinski definition) is 2. The van der Waals surface area contributed by atoms with E-state index in [2.05, 4.69) is 5.32 Å². The van der Waals surface area contributed by atoms with Gasteiger partial charge in [-0.25, -0.2) is 0 Å². The van der Waals surface area contributed by atoms with Crippen molar-refractivity contribution in [2.75, 3.05) is 24.6 Å². The maximum absolute atomic E-state index is 12.2. The first-order chi connectivity index (χ1) is 10.1. The molecule has 2 fully saturated rings. The summed E-state index contributed by atoms with van der Waals surface area (Å²) in [5.41, 5.74) is 0.740. The Balaban J connectivity index is 1.58. The zero-order valence-corrected chi connectivity index (χ0v) is 11.9. The second-order valence-corrected chi connectivity index (χ2v) is 6.12. The third-order valence-corrected chi connectivity index (χ3v) is 4.49. The lowest BCUT2D eigenvalue weighted by atomic mass is 10.1. The number of aliphatic hydroxyl groups is 1. The third kappa shape index (κ3) is 2.93. The molecule has 5 nitrogen and oxygen atoms in total. The summed E-state index contributed by atoms with van der Waals surface area (Å²) < 4.78 is 0. The third-order valence-electron chi connectivity index (χ3n) is 4.49. The molecule has 1 heterocycles. The standard InChI is InChI=1S/C16H20N2O3/c19-11-16(6-7-16)10-17-15(21)12-8-14(20)18(9-12)13-4-2-1-3-5-13/h1-5,12,19H,6-11H2,(H,17,21). The van der Waals surface area contributed by atoms with E-state index in [9.17, 15) is 14.7 Å². The maximum Gasteiger partial charge on any atom is 0.227 e. The van der Waals surface area contributed by atoms with Crippen LogP contribution < -0.4 is 10.2 Å². The molecule has 0 bridgehead atoms. The number of nitrogens with zero attached hydrogens (tertiary/aromatic N) is 1. The molecule has 0 aromatic heterocycles. The van der Waals surface area contributed by atoms with Crippen LogP contribution in [0.5, 0.6) is 0 Å². The van der Waals surface area contributed by atoms with Crippen molar-refractivity contribution in [1.29, 1.82) is 0 Å². The lowest BCUT2D eigenvalue weighted by molar-refractivity contribution is -0.126. The van der Waals surface area contributed by atoms with Crippen LogP contribution in [0, 0.1) is 11.3 Å². The van der Waals surface area contributed by atoms with Gasteiger partial charge in [-0.1, -0.05) is 18.2 Å². The normalized spacial score (nSPS) is 23.2. The quantitative estimate of drug-likeness (QED) is 0.847. The fourth-order valence-electron chi connectivity index (χ4n) is 2.73. The summed E-state index contributed by atoms with van der Waals surface area (Å²) in [5, 5.41) is 12.1. The molecule has 1 saturated carbocycles. The topological polar surface area (TPSA) is 69.6 Å². The Morgan fingerprint density at radius 1 is 1.33 bits per heavy atom. The van der Waals surface area contributed by atoms with Gasteiger partial charge in [0, 0.05) is 30.6 Å². The summed E-state index contributed by atoms with van der Waals surface area (Å²) in [6.07, 6.45) is 2.18. The Bertz CT molecular complexity index is 540. The minimum Gasteiger partial charge on any atom is -0.396 e. The van der Waals surface area contributed by atoms with Crippen LogP contribution in [0.4, 0.5) is 5.69 Å². The summed E-state index contributed by atoms with van der Waals surface area (Å²) in [5.74, 6) is -0.390. The van der Waals surface area contributed by atoms with Crippen LogP contribution in [-0.2, 0) is 9.59 Å². The average Bonchev–Trinajstić information content (AvgIpc) is 3.20. The van der Waals surface area contributed by atoms with Crippen LogP contribution in [0.25, 0.3) is 0 Å². The van der Waals surface area contributed by atoms with Crippen molar-refractivity contribution in [3.63, 3.8) is 0 Å². The van der Waals surface area contributed by atoms with Gasteiger partial charge < -0.3 is 15.3 Å². The van der Waals surface area contributed by atoms with Crippen LogP contribution >= 0.6 is 0 Å². The Labute approximate surface area is 123 Å². The molecule has 2 aliphatic rings. The van der Waals surface area contributed by atoms with E-state index < -0.39 is 0 Å². The number of aliphatic hydroxyl groups excluding tert-OH is 1. The monoisotopic (exact) mass is 288 g/mol. The van der Waals surface area contributed by atoms with Gasteiger partial charge in [-0.2, -0.15) is 0 Å². The minimum atomic E-state index is -0.299. The van der Waals surface area contributed by atoms with Crippen molar-refractivity contribution in [3.8, 4) is 0 Å². The molecule has 1 unspecified atom stereocenters. The number of rotatable bonds is 5. The van der Waals surface area contributed by atoms with E-state index in [0.29, 0.717) is 13.1 Å². The number of nitrogens with one attached hydrogen (secondary N) is 1. The minimum absolute atomic E-state index is 0.00959. The van der Waals surface area contributed by atoms with E-state index in [4.69, 9.17) is 0 Å². The average molecular weight is 288 g/mol. The molecular weight excluding hydrogens is 268 g/mol. The van der Waals surface area contributed by atoms with E-state index in [-0.39, 0.29) is 36.2 Å². The van der Waals surface area contributed by atoms with Crippen molar-refractivity contribution in [1.82, 2.24) is 5.32 Å². The molecule has 1 aromatic rings. The first-order valence-corrected chi connectivity index (χ1v) is 7.38. The zero-order valence-electron chi connectivity index (χ0n) is 11.9. The second-order valence-electron chi connectivity index (χ2n) is 6.12. The van der Waals surface area contributed by atoms with Crippen molar-refractivity contribution in [2.45, 2.75) is 19.3 Å². The van der Waals surface area contributed by atoms with Crippen LogP contribution in [0.15, 0.2) is 30.3 Å². The van der Waals surface area contributed by atoms with Crippen LogP contribution in [-0.4, -0.2) is 36.6 Å².